The zero-order valence-electron chi connectivity index (χ0n) is 6.78. The van der Waals surface area contributed by atoms with Gasteiger partial charge in [0.2, 0.25) is 0 Å². The van der Waals surface area contributed by atoms with Gasteiger partial charge in [0, 0.05) is 5.71 Å². The highest BCUT2D eigenvalue weighted by molar-refractivity contribution is 6.58. The van der Waals surface area contributed by atoms with E-state index in [0.717, 1.165) is 0 Å². The van der Waals surface area contributed by atoms with Crippen LogP contribution in [0.3, 0.4) is 0 Å². The maximum Gasteiger partial charge on any atom is 0.488 e. The molecule has 0 saturated heterocycles. The summed E-state index contributed by atoms with van der Waals surface area (Å²) in [6, 6.07) is 6.65. The molecule has 0 aliphatic heterocycles. The van der Waals surface area contributed by atoms with E-state index in [-0.39, 0.29) is 0 Å². The fourth-order valence-electron chi connectivity index (χ4n) is 0.933. The van der Waals surface area contributed by atoms with Crippen molar-refractivity contribution in [2.24, 2.45) is 0 Å². The van der Waals surface area contributed by atoms with Gasteiger partial charge in [-0.3, -0.25) is 0 Å². The Balaban J connectivity index is 3.04. The highest BCUT2D eigenvalue weighted by Gasteiger charge is 2.10. The molecule has 0 radical (unpaired) electrons. The Kier molecular flexibility index (Phi) is 2.63. The van der Waals surface area contributed by atoms with Crippen LogP contribution in [0.4, 0.5) is 0 Å². The van der Waals surface area contributed by atoms with Crippen molar-refractivity contribution in [2.75, 3.05) is 0 Å². The Morgan fingerprint density at radius 2 is 2.08 bits per heavy atom. The smallest absolute Gasteiger partial charge is 0.423 e. The van der Waals surface area contributed by atoms with E-state index >= 15 is 0 Å². The second-order valence-corrected chi connectivity index (χ2v) is 2.62. The van der Waals surface area contributed by atoms with E-state index in [0.29, 0.717) is 16.7 Å². The standard InChI is InChI=1S/C8H10BNO2/c1-6(10)7-3-2-4-8(5-7)9(11)12/h2-5,10-12H,1H3. The molecule has 0 amide bonds. The topological polar surface area (TPSA) is 64.3 Å². The van der Waals surface area contributed by atoms with E-state index in [1.165, 1.54) is 0 Å². The summed E-state index contributed by atoms with van der Waals surface area (Å²) >= 11 is 0. The summed E-state index contributed by atoms with van der Waals surface area (Å²) in [4.78, 5) is 0. The van der Waals surface area contributed by atoms with Crippen molar-refractivity contribution in [1.82, 2.24) is 0 Å². The number of hydrogen-bond acceptors (Lipinski definition) is 3. The third-order valence-electron chi connectivity index (χ3n) is 1.62. The average Bonchev–Trinajstić information content (AvgIpc) is 2.04. The molecule has 0 fully saturated rings. The SMILES string of the molecule is CC(=N)c1cccc(B(O)O)c1. The van der Waals surface area contributed by atoms with Gasteiger partial charge in [0.15, 0.2) is 0 Å². The monoisotopic (exact) mass is 163 g/mol. The van der Waals surface area contributed by atoms with Crippen LogP contribution in [0.1, 0.15) is 12.5 Å². The van der Waals surface area contributed by atoms with Crippen LogP contribution in [0.5, 0.6) is 0 Å². The van der Waals surface area contributed by atoms with Gasteiger partial charge in [-0.15, -0.1) is 0 Å². The first-order valence-electron chi connectivity index (χ1n) is 3.63. The molecular formula is C8H10BNO2. The molecular weight excluding hydrogens is 153 g/mol. The van der Waals surface area contributed by atoms with Gasteiger partial charge in [-0.25, -0.2) is 0 Å². The largest absolute Gasteiger partial charge is 0.488 e. The van der Waals surface area contributed by atoms with Gasteiger partial charge in [-0.1, -0.05) is 24.3 Å². The van der Waals surface area contributed by atoms with Crippen LogP contribution in [0.15, 0.2) is 24.3 Å². The van der Waals surface area contributed by atoms with E-state index < -0.39 is 7.12 Å². The highest BCUT2D eigenvalue weighted by Crippen LogP contribution is 1.97. The molecule has 1 aromatic carbocycles. The highest BCUT2D eigenvalue weighted by atomic mass is 16.4. The van der Waals surface area contributed by atoms with Crippen LogP contribution in [-0.4, -0.2) is 22.9 Å². The van der Waals surface area contributed by atoms with E-state index in [1.807, 2.05) is 0 Å². The van der Waals surface area contributed by atoms with Crippen LogP contribution < -0.4 is 5.46 Å². The molecule has 12 heavy (non-hydrogen) atoms. The molecule has 0 bridgehead atoms. The van der Waals surface area contributed by atoms with Crippen LogP contribution in [0, 0.1) is 5.41 Å². The summed E-state index contributed by atoms with van der Waals surface area (Å²) in [6.07, 6.45) is 0. The second kappa shape index (κ2) is 3.52. The predicted molar refractivity (Wildman–Crippen MR) is 48.8 cm³/mol. The summed E-state index contributed by atoms with van der Waals surface area (Å²) < 4.78 is 0. The minimum absolute atomic E-state index is 0.414. The number of hydrogen-bond donors (Lipinski definition) is 3. The molecule has 62 valence electrons. The lowest BCUT2D eigenvalue weighted by Crippen LogP contribution is -2.30. The lowest BCUT2D eigenvalue weighted by Gasteiger charge is -2.01. The second-order valence-electron chi connectivity index (χ2n) is 2.62. The Hall–Kier alpha value is -1.13. The zero-order valence-corrected chi connectivity index (χ0v) is 6.78. The summed E-state index contributed by atoms with van der Waals surface area (Å²) in [5.74, 6) is 0. The quantitative estimate of drug-likeness (QED) is 0.415. The van der Waals surface area contributed by atoms with Crippen molar-refractivity contribution in [3.8, 4) is 0 Å². The number of nitrogens with one attached hydrogen (secondary N) is 1. The molecule has 3 nitrogen and oxygen atoms in total. The van der Waals surface area contributed by atoms with Gasteiger partial charge in [-0.05, 0) is 17.9 Å². The normalized spacial score (nSPS) is 9.58. The molecule has 0 aliphatic carbocycles. The molecule has 1 rings (SSSR count). The maximum absolute atomic E-state index is 8.82. The minimum atomic E-state index is -1.45. The summed E-state index contributed by atoms with van der Waals surface area (Å²) in [6.45, 7) is 1.66. The molecule has 0 saturated carbocycles. The Morgan fingerprint density at radius 3 is 2.58 bits per heavy atom. The van der Waals surface area contributed by atoms with Gasteiger partial charge in [0.25, 0.3) is 0 Å². The van der Waals surface area contributed by atoms with Crippen LogP contribution in [0.2, 0.25) is 0 Å². The van der Waals surface area contributed by atoms with Gasteiger partial charge in [0.1, 0.15) is 0 Å². The van der Waals surface area contributed by atoms with E-state index in [4.69, 9.17) is 15.5 Å². The molecule has 0 aromatic heterocycles. The predicted octanol–water partition coefficient (Wildman–Crippen LogP) is -0.246. The van der Waals surface area contributed by atoms with Crippen molar-refractivity contribution in [1.29, 1.82) is 5.41 Å². The van der Waals surface area contributed by atoms with Gasteiger partial charge < -0.3 is 15.5 Å². The minimum Gasteiger partial charge on any atom is -0.423 e. The molecule has 0 heterocycles. The average molecular weight is 163 g/mol. The first-order chi connectivity index (χ1) is 5.61. The zero-order chi connectivity index (χ0) is 9.14. The van der Waals surface area contributed by atoms with E-state index in [2.05, 4.69) is 0 Å². The van der Waals surface area contributed by atoms with E-state index in [9.17, 15) is 0 Å². The number of benzene rings is 1. The summed E-state index contributed by atoms with van der Waals surface area (Å²) in [7, 11) is -1.45. The molecule has 3 N–H and O–H groups in total. The fraction of sp³-hybridized carbons (Fsp3) is 0.125. The Bertz CT molecular complexity index is 299. The van der Waals surface area contributed by atoms with Crippen molar-refractivity contribution < 1.29 is 10.0 Å². The third-order valence-corrected chi connectivity index (χ3v) is 1.62. The fourth-order valence-corrected chi connectivity index (χ4v) is 0.933. The molecule has 1 aromatic rings. The Labute approximate surface area is 71.3 Å². The van der Waals surface area contributed by atoms with Crippen LogP contribution >= 0.6 is 0 Å². The van der Waals surface area contributed by atoms with Gasteiger partial charge in [-0.2, -0.15) is 0 Å². The lowest BCUT2D eigenvalue weighted by atomic mass is 9.79. The first-order valence-corrected chi connectivity index (χ1v) is 3.63. The molecule has 0 unspecified atom stereocenters. The third kappa shape index (κ3) is 1.93. The summed E-state index contributed by atoms with van der Waals surface area (Å²) in [5.41, 5.74) is 1.54. The first kappa shape index (κ1) is 8.97. The van der Waals surface area contributed by atoms with Crippen LogP contribution in [-0.2, 0) is 0 Å². The Morgan fingerprint density at radius 1 is 1.42 bits per heavy atom. The molecule has 0 spiro atoms. The number of rotatable bonds is 2. The van der Waals surface area contributed by atoms with E-state index in [1.54, 1.807) is 31.2 Å². The maximum atomic E-state index is 8.82. The van der Waals surface area contributed by atoms with Gasteiger partial charge in [0.05, 0.1) is 0 Å². The summed E-state index contributed by atoms with van der Waals surface area (Å²) in [5, 5.41) is 24.9. The van der Waals surface area contributed by atoms with Crippen molar-refractivity contribution >= 4 is 18.3 Å². The lowest BCUT2D eigenvalue weighted by molar-refractivity contribution is 0.426. The van der Waals surface area contributed by atoms with Gasteiger partial charge >= 0.3 is 7.12 Å². The van der Waals surface area contributed by atoms with Crippen LogP contribution in [0.25, 0.3) is 0 Å². The van der Waals surface area contributed by atoms with Crippen molar-refractivity contribution in [3.63, 3.8) is 0 Å². The molecule has 0 aliphatic rings. The van der Waals surface area contributed by atoms with Crippen molar-refractivity contribution in [2.45, 2.75) is 6.92 Å². The van der Waals surface area contributed by atoms with Crippen molar-refractivity contribution in [3.05, 3.63) is 29.8 Å². The molecule has 0 atom stereocenters. The molecule has 4 heteroatoms.